The van der Waals surface area contributed by atoms with Gasteiger partial charge in [0.25, 0.3) is 0 Å². The Morgan fingerprint density at radius 2 is 1.84 bits per heavy atom. The van der Waals surface area contributed by atoms with Gasteiger partial charge in [-0.15, -0.1) is 0 Å². The summed E-state index contributed by atoms with van der Waals surface area (Å²) in [6, 6.07) is 9.01. The fourth-order valence-electron chi connectivity index (χ4n) is 3.00. The first-order valence-corrected chi connectivity index (χ1v) is 8.72. The summed E-state index contributed by atoms with van der Waals surface area (Å²) >= 11 is 5.90. The van der Waals surface area contributed by atoms with Crippen LogP contribution in [0.15, 0.2) is 42.7 Å². The van der Waals surface area contributed by atoms with Crippen molar-refractivity contribution < 1.29 is 9.90 Å². The molecule has 1 amide bonds. The second-order valence-electron chi connectivity index (χ2n) is 6.17. The summed E-state index contributed by atoms with van der Waals surface area (Å²) in [7, 11) is 0. The zero-order chi connectivity index (χ0) is 17.7. The Hall–Kier alpha value is -2.18. The van der Waals surface area contributed by atoms with Gasteiger partial charge < -0.3 is 15.3 Å². The SMILES string of the molecule is O=C(CCNc1ncccn1)N1CCC(O)(c2ccc(Cl)cc2)CC1. The van der Waals surface area contributed by atoms with Crippen LogP contribution in [-0.4, -0.2) is 45.5 Å². The monoisotopic (exact) mass is 360 g/mol. The molecule has 0 spiro atoms. The molecule has 1 saturated heterocycles. The number of hydrogen-bond acceptors (Lipinski definition) is 5. The molecule has 0 bridgehead atoms. The maximum atomic E-state index is 12.3. The summed E-state index contributed by atoms with van der Waals surface area (Å²) < 4.78 is 0. The van der Waals surface area contributed by atoms with Crippen LogP contribution < -0.4 is 5.32 Å². The Balaban J connectivity index is 1.48. The topological polar surface area (TPSA) is 78.4 Å². The minimum Gasteiger partial charge on any atom is -0.385 e. The molecule has 0 atom stereocenters. The molecule has 1 aromatic heterocycles. The van der Waals surface area contributed by atoms with Gasteiger partial charge in [0.2, 0.25) is 11.9 Å². The number of rotatable bonds is 5. The fourth-order valence-corrected chi connectivity index (χ4v) is 3.13. The van der Waals surface area contributed by atoms with Crippen LogP contribution in [0.4, 0.5) is 5.95 Å². The highest BCUT2D eigenvalue weighted by Crippen LogP contribution is 2.33. The van der Waals surface area contributed by atoms with Crippen molar-refractivity contribution in [1.29, 1.82) is 0 Å². The van der Waals surface area contributed by atoms with Crippen molar-refractivity contribution in [2.75, 3.05) is 25.0 Å². The van der Waals surface area contributed by atoms with E-state index < -0.39 is 5.60 Å². The number of hydrogen-bond donors (Lipinski definition) is 2. The Kier molecular flexibility index (Phi) is 5.50. The Labute approximate surface area is 151 Å². The van der Waals surface area contributed by atoms with Gasteiger partial charge in [0, 0.05) is 43.5 Å². The average molecular weight is 361 g/mol. The van der Waals surface area contributed by atoms with E-state index in [-0.39, 0.29) is 5.91 Å². The number of halogens is 1. The van der Waals surface area contributed by atoms with E-state index in [1.54, 1.807) is 35.5 Å². The molecular weight excluding hydrogens is 340 g/mol. The second kappa shape index (κ2) is 7.80. The number of piperidine rings is 1. The highest BCUT2D eigenvalue weighted by atomic mass is 35.5. The van der Waals surface area contributed by atoms with Gasteiger partial charge in [0.05, 0.1) is 5.60 Å². The number of aromatic nitrogens is 2. The smallest absolute Gasteiger partial charge is 0.224 e. The van der Waals surface area contributed by atoms with Crippen molar-refractivity contribution in [3.8, 4) is 0 Å². The summed E-state index contributed by atoms with van der Waals surface area (Å²) in [6.07, 6.45) is 4.72. The zero-order valence-electron chi connectivity index (χ0n) is 13.9. The van der Waals surface area contributed by atoms with E-state index in [1.807, 2.05) is 12.1 Å². The standard InChI is InChI=1S/C18H21ClN4O2/c19-15-4-2-14(3-5-15)18(25)7-12-23(13-8-18)16(24)6-11-22-17-20-9-1-10-21-17/h1-5,9-10,25H,6-8,11-13H2,(H,20,21,22). The molecule has 25 heavy (non-hydrogen) atoms. The third-order valence-electron chi connectivity index (χ3n) is 4.51. The molecule has 0 unspecified atom stereocenters. The molecule has 1 aliphatic rings. The Morgan fingerprint density at radius 3 is 2.48 bits per heavy atom. The first-order valence-electron chi connectivity index (χ1n) is 8.34. The summed E-state index contributed by atoms with van der Waals surface area (Å²) in [5.74, 6) is 0.590. The highest BCUT2D eigenvalue weighted by Gasteiger charge is 2.35. The zero-order valence-corrected chi connectivity index (χ0v) is 14.6. The van der Waals surface area contributed by atoms with Gasteiger partial charge in [0.15, 0.2) is 0 Å². The molecule has 7 heteroatoms. The van der Waals surface area contributed by atoms with Gasteiger partial charge in [-0.2, -0.15) is 0 Å². The lowest BCUT2D eigenvalue weighted by atomic mass is 9.84. The largest absolute Gasteiger partial charge is 0.385 e. The summed E-state index contributed by atoms with van der Waals surface area (Å²) in [5.41, 5.74) is -0.0378. The van der Waals surface area contributed by atoms with E-state index in [4.69, 9.17) is 11.6 Å². The number of amides is 1. The number of benzene rings is 1. The molecular formula is C18H21ClN4O2. The molecule has 1 fully saturated rings. The third-order valence-corrected chi connectivity index (χ3v) is 4.76. The van der Waals surface area contributed by atoms with E-state index in [9.17, 15) is 9.90 Å². The lowest BCUT2D eigenvalue weighted by Crippen LogP contribution is -2.45. The molecule has 3 rings (SSSR count). The van der Waals surface area contributed by atoms with Crippen LogP contribution in [0.5, 0.6) is 0 Å². The van der Waals surface area contributed by atoms with E-state index >= 15 is 0 Å². The van der Waals surface area contributed by atoms with Crippen LogP contribution in [0.2, 0.25) is 5.02 Å². The predicted octanol–water partition coefficient (Wildman–Crippen LogP) is 2.44. The molecule has 6 nitrogen and oxygen atoms in total. The molecule has 2 aromatic rings. The number of aliphatic hydroxyl groups is 1. The van der Waals surface area contributed by atoms with E-state index in [1.165, 1.54) is 0 Å². The number of likely N-dealkylation sites (tertiary alicyclic amines) is 1. The van der Waals surface area contributed by atoms with Crippen molar-refractivity contribution in [3.05, 3.63) is 53.3 Å². The second-order valence-corrected chi connectivity index (χ2v) is 6.60. The third kappa shape index (κ3) is 4.46. The van der Waals surface area contributed by atoms with Gasteiger partial charge in [-0.3, -0.25) is 4.79 Å². The van der Waals surface area contributed by atoms with E-state index in [2.05, 4.69) is 15.3 Å². The van der Waals surface area contributed by atoms with Crippen LogP contribution in [0, 0.1) is 0 Å². The molecule has 0 saturated carbocycles. The quantitative estimate of drug-likeness (QED) is 0.856. The minimum atomic E-state index is -0.891. The molecule has 2 N–H and O–H groups in total. The molecule has 0 aliphatic carbocycles. The van der Waals surface area contributed by atoms with Gasteiger partial charge in [-0.05, 0) is 36.6 Å². The minimum absolute atomic E-state index is 0.0709. The van der Waals surface area contributed by atoms with Crippen molar-refractivity contribution in [3.63, 3.8) is 0 Å². The van der Waals surface area contributed by atoms with Gasteiger partial charge in [0.1, 0.15) is 0 Å². The van der Waals surface area contributed by atoms with Crippen LogP contribution in [0.3, 0.4) is 0 Å². The molecule has 0 radical (unpaired) electrons. The molecule has 132 valence electrons. The lowest BCUT2D eigenvalue weighted by Gasteiger charge is -2.38. The van der Waals surface area contributed by atoms with Gasteiger partial charge in [-0.1, -0.05) is 23.7 Å². The van der Waals surface area contributed by atoms with Crippen molar-refractivity contribution in [1.82, 2.24) is 14.9 Å². The Morgan fingerprint density at radius 1 is 1.20 bits per heavy atom. The van der Waals surface area contributed by atoms with Crippen LogP contribution in [-0.2, 0) is 10.4 Å². The van der Waals surface area contributed by atoms with Crippen molar-refractivity contribution >= 4 is 23.5 Å². The highest BCUT2D eigenvalue weighted by molar-refractivity contribution is 6.30. The molecule has 2 heterocycles. The Bertz CT molecular complexity index is 701. The number of carbonyl (C=O) groups is 1. The number of nitrogens with zero attached hydrogens (tertiary/aromatic N) is 3. The van der Waals surface area contributed by atoms with Gasteiger partial charge in [-0.25, -0.2) is 9.97 Å². The summed E-state index contributed by atoms with van der Waals surface area (Å²) in [5, 5.41) is 14.5. The normalized spacial score (nSPS) is 16.5. The number of carbonyl (C=O) groups excluding carboxylic acids is 1. The number of nitrogens with one attached hydrogen (secondary N) is 1. The summed E-state index contributed by atoms with van der Waals surface area (Å²) in [4.78, 5) is 22.2. The van der Waals surface area contributed by atoms with Crippen LogP contribution in [0.25, 0.3) is 0 Å². The van der Waals surface area contributed by atoms with E-state index in [0.717, 1.165) is 5.56 Å². The molecule has 1 aromatic carbocycles. The molecule has 1 aliphatic heterocycles. The van der Waals surface area contributed by atoms with Crippen molar-refractivity contribution in [2.45, 2.75) is 24.9 Å². The average Bonchev–Trinajstić information content (AvgIpc) is 2.63. The maximum Gasteiger partial charge on any atom is 0.224 e. The maximum absolute atomic E-state index is 12.3. The first kappa shape index (κ1) is 17.6. The van der Waals surface area contributed by atoms with Crippen LogP contribution in [0.1, 0.15) is 24.8 Å². The van der Waals surface area contributed by atoms with Crippen LogP contribution >= 0.6 is 11.6 Å². The lowest BCUT2D eigenvalue weighted by molar-refractivity contribution is -0.135. The fraction of sp³-hybridized carbons (Fsp3) is 0.389. The first-order chi connectivity index (χ1) is 12.1. The van der Waals surface area contributed by atoms with Crippen molar-refractivity contribution in [2.24, 2.45) is 0 Å². The summed E-state index contributed by atoms with van der Waals surface area (Å²) in [6.45, 7) is 1.57. The van der Waals surface area contributed by atoms with Gasteiger partial charge >= 0.3 is 0 Å². The van der Waals surface area contributed by atoms with E-state index in [0.29, 0.717) is 49.9 Å². The number of anilines is 1. The predicted molar refractivity (Wildman–Crippen MR) is 96.3 cm³/mol.